The third-order valence-electron chi connectivity index (χ3n) is 2.43. The lowest BCUT2D eigenvalue weighted by molar-refractivity contribution is 0.918. The van der Waals surface area contributed by atoms with Crippen molar-refractivity contribution in [2.45, 2.75) is 19.8 Å². The number of rotatable bonds is 3. The van der Waals surface area contributed by atoms with Crippen LogP contribution in [-0.2, 0) is 6.42 Å². The Balaban J connectivity index is 2.22. The maximum Gasteiger partial charge on any atom is 0.107 e. The van der Waals surface area contributed by atoms with Crippen LogP contribution in [0, 0.1) is 18.3 Å². The molecular formula is C13H13N3. The number of aryl methyl sites for hydroxylation is 2. The minimum atomic E-state index is 0.501. The number of nitrogens with one attached hydrogen (secondary N) is 1. The molecule has 1 aromatic heterocycles. The van der Waals surface area contributed by atoms with Crippen molar-refractivity contribution in [3.63, 3.8) is 0 Å². The van der Waals surface area contributed by atoms with E-state index in [-0.39, 0.29) is 0 Å². The first-order chi connectivity index (χ1) is 7.79. The van der Waals surface area contributed by atoms with Gasteiger partial charge < -0.3 is 4.98 Å². The fourth-order valence-electron chi connectivity index (χ4n) is 1.62. The fourth-order valence-corrected chi connectivity index (χ4v) is 1.62. The van der Waals surface area contributed by atoms with Crippen LogP contribution >= 0.6 is 0 Å². The second kappa shape index (κ2) is 4.63. The molecule has 80 valence electrons. The summed E-state index contributed by atoms with van der Waals surface area (Å²) in [4.78, 5) is 7.48. The molecule has 3 heteroatoms. The Morgan fingerprint density at radius 1 is 1.44 bits per heavy atom. The van der Waals surface area contributed by atoms with Gasteiger partial charge in [0.2, 0.25) is 0 Å². The summed E-state index contributed by atoms with van der Waals surface area (Å²) in [7, 11) is 0. The molecule has 0 saturated heterocycles. The molecule has 0 aliphatic rings. The molecule has 0 fully saturated rings. The molecule has 0 saturated carbocycles. The molecule has 0 aliphatic carbocycles. The first-order valence-electron chi connectivity index (χ1n) is 5.27. The van der Waals surface area contributed by atoms with E-state index in [1.54, 1.807) is 0 Å². The largest absolute Gasteiger partial charge is 0.342 e. The lowest BCUT2D eigenvalue weighted by Gasteiger charge is -1.98. The normalized spacial score (nSPS) is 10.0. The summed E-state index contributed by atoms with van der Waals surface area (Å²) in [6.45, 7) is 2.07. The Labute approximate surface area is 94.8 Å². The van der Waals surface area contributed by atoms with Crippen molar-refractivity contribution in [1.29, 1.82) is 5.26 Å². The highest BCUT2D eigenvalue weighted by molar-refractivity contribution is 5.59. The minimum Gasteiger partial charge on any atom is -0.342 e. The summed E-state index contributed by atoms with van der Waals surface area (Å²) >= 11 is 0. The van der Waals surface area contributed by atoms with Crippen molar-refractivity contribution in [2.24, 2.45) is 0 Å². The number of aromatic amines is 1. The van der Waals surface area contributed by atoms with E-state index >= 15 is 0 Å². The van der Waals surface area contributed by atoms with Crippen LogP contribution < -0.4 is 0 Å². The van der Waals surface area contributed by atoms with Crippen LogP contribution in [0.4, 0.5) is 0 Å². The lowest BCUT2D eigenvalue weighted by Crippen LogP contribution is -1.86. The Kier molecular flexibility index (Phi) is 3.02. The third kappa shape index (κ3) is 2.29. The van der Waals surface area contributed by atoms with E-state index in [0.29, 0.717) is 12.8 Å². The van der Waals surface area contributed by atoms with Crippen LogP contribution in [0.15, 0.2) is 30.5 Å². The number of nitriles is 1. The predicted molar refractivity (Wildman–Crippen MR) is 62.7 cm³/mol. The van der Waals surface area contributed by atoms with E-state index < -0.39 is 0 Å². The third-order valence-corrected chi connectivity index (χ3v) is 2.43. The molecule has 0 amide bonds. The van der Waals surface area contributed by atoms with Gasteiger partial charge in [0.1, 0.15) is 5.82 Å². The molecule has 1 heterocycles. The highest BCUT2D eigenvalue weighted by Crippen LogP contribution is 2.18. The molecule has 16 heavy (non-hydrogen) atoms. The predicted octanol–water partition coefficient (Wildman–Crippen LogP) is 2.84. The van der Waals surface area contributed by atoms with E-state index in [1.807, 2.05) is 12.3 Å². The van der Waals surface area contributed by atoms with Crippen molar-refractivity contribution in [1.82, 2.24) is 9.97 Å². The first-order valence-corrected chi connectivity index (χ1v) is 5.27. The molecule has 0 atom stereocenters. The highest BCUT2D eigenvalue weighted by atomic mass is 14.9. The van der Waals surface area contributed by atoms with Crippen molar-refractivity contribution in [3.8, 4) is 17.3 Å². The smallest absolute Gasteiger partial charge is 0.107 e. The standard InChI is InChI=1S/C13H13N3/c1-10-4-2-5-11(8-10)12-9-15-13(16-12)6-3-7-14/h2,4-5,8-9H,3,6H2,1H3,(H,15,16). The van der Waals surface area contributed by atoms with Crippen molar-refractivity contribution >= 4 is 0 Å². The molecule has 0 unspecified atom stereocenters. The quantitative estimate of drug-likeness (QED) is 0.848. The van der Waals surface area contributed by atoms with Gasteiger partial charge in [0.25, 0.3) is 0 Å². The monoisotopic (exact) mass is 211 g/mol. The van der Waals surface area contributed by atoms with Gasteiger partial charge in [-0.1, -0.05) is 23.8 Å². The Morgan fingerprint density at radius 3 is 3.06 bits per heavy atom. The Morgan fingerprint density at radius 2 is 2.31 bits per heavy atom. The molecule has 3 nitrogen and oxygen atoms in total. The van der Waals surface area contributed by atoms with Gasteiger partial charge in [0.15, 0.2) is 0 Å². The number of benzene rings is 1. The van der Waals surface area contributed by atoms with Gasteiger partial charge in [-0.25, -0.2) is 4.98 Å². The molecule has 1 aromatic carbocycles. The Hall–Kier alpha value is -2.08. The van der Waals surface area contributed by atoms with Gasteiger partial charge in [-0.2, -0.15) is 5.26 Å². The average molecular weight is 211 g/mol. The van der Waals surface area contributed by atoms with Crippen LogP contribution in [0.1, 0.15) is 17.8 Å². The number of aromatic nitrogens is 2. The van der Waals surface area contributed by atoms with E-state index in [4.69, 9.17) is 5.26 Å². The van der Waals surface area contributed by atoms with Gasteiger partial charge in [-0.05, 0) is 18.6 Å². The summed E-state index contributed by atoms with van der Waals surface area (Å²) in [5.74, 6) is 0.873. The number of nitrogens with zero attached hydrogens (tertiary/aromatic N) is 2. The second-order valence-electron chi connectivity index (χ2n) is 3.77. The number of imidazole rings is 1. The lowest BCUT2D eigenvalue weighted by atomic mass is 10.1. The summed E-state index contributed by atoms with van der Waals surface area (Å²) in [6.07, 6.45) is 3.00. The van der Waals surface area contributed by atoms with Crippen molar-refractivity contribution < 1.29 is 0 Å². The van der Waals surface area contributed by atoms with Gasteiger partial charge in [0, 0.05) is 12.8 Å². The van der Waals surface area contributed by atoms with Crippen LogP contribution in [0.5, 0.6) is 0 Å². The van der Waals surface area contributed by atoms with Gasteiger partial charge in [-0.3, -0.25) is 0 Å². The van der Waals surface area contributed by atoms with Crippen LogP contribution in [0.2, 0.25) is 0 Å². The zero-order valence-corrected chi connectivity index (χ0v) is 9.20. The SMILES string of the molecule is Cc1cccc(-c2cnc(CCC#N)[nH]2)c1. The van der Waals surface area contributed by atoms with Crippen LogP contribution in [-0.4, -0.2) is 9.97 Å². The van der Waals surface area contributed by atoms with Crippen LogP contribution in [0.3, 0.4) is 0 Å². The molecule has 0 bridgehead atoms. The first kappa shape index (κ1) is 10.4. The zero-order chi connectivity index (χ0) is 11.4. The number of hydrogen-bond acceptors (Lipinski definition) is 2. The van der Waals surface area contributed by atoms with Crippen LogP contribution in [0.25, 0.3) is 11.3 Å². The van der Waals surface area contributed by atoms with E-state index in [2.05, 4.69) is 41.2 Å². The fraction of sp³-hybridized carbons (Fsp3) is 0.231. The number of H-pyrrole nitrogens is 1. The molecule has 0 spiro atoms. The minimum absolute atomic E-state index is 0.501. The maximum atomic E-state index is 8.50. The van der Waals surface area contributed by atoms with Gasteiger partial charge in [-0.15, -0.1) is 0 Å². The molecular weight excluding hydrogens is 198 g/mol. The number of hydrogen-bond donors (Lipinski definition) is 1. The summed E-state index contributed by atoms with van der Waals surface area (Å²) in [5, 5.41) is 8.50. The Bertz CT molecular complexity index is 520. The van der Waals surface area contributed by atoms with E-state index in [9.17, 15) is 0 Å². The summed E-state index contributed by atoms with van der Waals surface area (Å²) in [5.41, 5.74) is 3.37. The summed E-state index contributed by atoms with van der Waals surface area (Å²) < 4.78 is 0. The average Bonchev–Trinajstić information content (AvgIpc) is 2.75. The maximum absolute atomic E-state index is 8.50. The van der Waals surface area contributed by atoms with Crippen molar-refractivity contribution in [3.05, 3.63) is 41.9 Å². The molecule has 1 N–H and O–H groups in total. The second-order valence-corrected chi connectivity index (χ2v) is 3.77. The summed E-state index contributed by atoms with van der Waals surface area (Å²) in [6, 6.07) is 10.4. The van der Waals surface area contributed by atoms with Gasteiger partial charge in [0.05, 0.1) is 18.0 Å². The van der Waals surface area contributed by atoms with E-state index in [0.717, 1.165) is 17.1 Å². The van der Waals surface area contributed by atoms with Gasteiger partial charge >= 0.3 is 0 Å². The highest BCUT2D eigenvalue weighted by Gasteiger charge is 2.02. The molecule has 0 aliphatic heterocycles. The topological polar surface area (TPSA) is 52.5 Å². The van der Waals surface area contributed by atoms with Crippen molar-refractivity contribution in [2.75, 3.05) is 0 Å². The molecule has 2 aromatic rings. The zero-order valence-electron chi connectivity index (χ0n) is 9.20. The molecule has 0 radical (unpaired) electrons. The molecule has 2 rings (SSSR count). The van der Waals surface area contributed by atoms with E-state index in [1.165, 1.54) is 5.56 Å².